The van der Waals surface area contributed by atoms with Gasteiger partial charge in [0.05, 0.1) is 0 Å². The fourth-order valence-electron chi connectivity index (χ4n) is 0.390. The van der Waals surface area contributed by atoms with E-state index < -0.39 is 12.1 Å². The van der Waals surface area contributed by atoms with Crippen LogP contribution >= 0.6 is 0 Å². The summed E-state index contributed by atoms with van der Waals surface area (Å²) < 4.78 is 32.5. The van der Waals surface area contributed by atoms with E-state index in [4.69, 9.17) is 15.1 Å². The number of carboxylic acids is 1. The fraction of sp³-hybridized carbons (Fsp3) is 0.143. The van der Waals surface area contributed by atoms with Crippen LogP contribution in [0.25, 0.3) is 0 Å². The van der Waals surface area contributed by atoms with E-state index in [2.05, 4.69) is 0 Å². The topological polar surface area (TPSA) is 64.2 Å². The van der Waals surface area contributed by atoms with Crippen molar-refractivity contribution >= 4 is 5.97 Å². The minimum atomic E-state index is -5.19. The van der Waals surface area contributed by atoms with Crippen molar-refractivity contribution < 1.29 is 33.0 Å². The van der Waals surface area contributed by atoms with Gasteiger partial charge in [-0.3, -0.25) is 5.21 Å². The predicted molar refractivity (Wildman–Crippen MR) is 34.9 cm³/mol. The van der Waals surface area contributed by atoms with Crippen molar-refractivity contribution in [1.29, 1.82) is 0 Å². The summed E-state index contributed by atoms with van der Waals surface area (Å²) >= 11 is 0. The molecule has 0 unspecified atom stereocenters. The smallest absolute Gasteiger partial charge is 0.430 e. The monoisotopic (exact) mass is 209 g/mol. The van der Waals surface area contributed by atoms with Crippen LogP contribution in [0, 0.1) is 0 Å². The van der Waals surface area contributed by atoms with E-state index in [1.807, 2.05) is 6.07 Å². The van der Waals surface area contributed by atoms with Crippen LogP contribution in [0.1, 0.15) is 0 Å². The Morgan fingerprint density at radius 2 is 1.57 bits per heavy atom. The quantitative estimate of drug-likeness (QED) is 0.463. The van der Waals surface area contributed by atoms with Crippen molar-refractivity contribution in [2.75, 3.05) is 0 Å². The van der Waals surface area contributed by atoms with Crippen LogP contribution in [0.15, 0.2) is 30.6 Å². The third kappa shape index (κ3) is 5.81. The molecule has 0 aliphatic carbocycles. The lowest BCUT2D eigenvalue weighted by molar-refractivity contribution is -0.904. The van der Waals surface area contributed by atoms with Gasteiger partial charge in [0.2, 0.25) is 12.4 Å². The molecule has 0 spiro atoms. The van der Waals surface area contributed by atoms with Crippen LogP contribution in [0.4, 0.5) is 13.2 Å². The maximum absolute atomic E-state index is 10.5. The molecule has 0 atom stereocenters. The predicted octanol–water partition coefficient (Wildman–Crippen LogP) is -0.490. The van der Waals surface area contributed by atoms with Crippen LogP contribution < -0.4 is 9.84 Å². The molecule has 0 amide bonds. The first-order valence-electron chi connectivity index (χ1n) is 3.27. The zero-order chi connectivity index (χ0) is 11.2. The summed E-state index contributed by atoms with van der Waals surface area (Å²) in [6, 6.07) is 5.34. The first kappa shape index (κ1) is 12.2. The lowest BCUT2D eigenvalue weighted by Crippen LogP contribution is -2.37. The Hall–Kier alpha value is -1.79. The van der Waals surface area contributed by atoms with Crippen molar-refractivity contribution in [3.05, 3.63) is 30.6 Å². The van der Waals surface area contributed by atoms with Crippen LogP contribution in [0.2, 0.25) is 0 Å². The summed E-state index contributed by atoms with van der Waals surface area (Å²) in [5, 5.41) is 17.3. The highest BCUT2D eigenvalue weighted by atomic mass is 19.4. The van der Waals surface area contributed by atoms with Crippen molar-refractivity contribution in [3.8, 4) is 0 Å². The van der Waals surface area contributed by atoms with Crippen LogP contribution in [0.5, 0.6) is 0 Å². The Bertz CT molecular complexity index is 286. The van der Waals surface area contributed by atoms with Gasteiger partial charge < -0.3 is 9.90 Å². The molecule has 0 saturated heterocycles. The molecule has 0 aliphatic heterocycles. The number of nitrogens with zero attached hydrogens (tertiary/aromatic N) is 1. The van der Waals surface area contributed by atoms with Gasteiger partial charge in [0, 0.05) is 16.9 Å². The van der Waals surface area contributed by atoms with Crippen LogP contribution in [-0.4, -0.2) is 17.4 Å². The Morgan fingerprint density at radius 1 is 1.21 bits per heavy atom. The Morgan fingerprint density at radius 3 is 1.71 bits per heavy atom. The molecule has 1 aromatic rings. The van der Waals surface area contributed by atoms with Gasteiger partial charge in [0.15, 0.2) is 0 Å². The fourth-order valence-corrected chi connectivity index (χ4v) is 0.390. The molecule has 1 N–H and O–H groups in total. The summed E-state index contributed by atoms with van der Waals surface area (Å²) in [4.78, 5) is 8.78. The second-order valence-electron chi connectivity index (χ2n) is 2.04. The van der Waals surface area contributed by atoms with E-state index in [0.717, 1.165) is 4.73 Å². The molecule has 78 valence electrons. The first-order valence-corrected chi connectivity index (χ1v) is 3.27. The molecule has 1 heterocycles. The third-order valence-electron chi connectivity index (χ3n) is 0.931. The highest BCUT2D eigenvalue weighted by molar-refractivity contribution is 5.70. The summed E-state index contributed by atoms with van der Waals surface area (Å²) in [6.07, 6.45) is -2.08. The van der Waals surface area contributed by atoms with Gasteiger partial charge in [-0.25, -0.2) is 0 Å². The van der Waals surface area contributed by atoms with Crippen molar-refractivity contribution in [3.63, 3.8) is 0 Å². The number of carbonyl (C=O) groups is 1. The Kier molecular flexibility index (Phi) is 4.41. The molecule has 0 bridgehead atoms. The first-order chi connectivity index (χ1) is 6.34. The lowest BCUT2D eigenvalue weighted by Gasteiger charge is -2.03. The molecule has 0 saturated carbocycles. The number of pyridine rings is 1. The summed E-state index contributed by atoms with van der Waals surface area (Å²) in [7, 11) is 0. The molecule has 0 radical (unpaired) electrons. The number of hydrogen-bond donors (Lipinski definition) is 1. The molecule has 7 heteroatoms. The number of aromatic nitrogens is 1. The molecule has 0 aliphatic rings. The number of carbonyl (C=O) groups excluding carboxylic acids is 1. The molecule has 14 heavy (non-hydrogen) atoms. The van der Waals surface area contributed by atoms with E-state index >= 15 is 0 Å². The van der Waals surface area contributed by atoms with Crippen molar-refractivity contribution in [1.82, 2.24) is 0 Å². The number of aliphatic carboxylic acids is 1. The van der Waals surface area contributed by atoms with E-state index in [1.165, 1.54) is 0 Å². The highest BCUT2D eigenvalue weighted by Crippen LogP contribution is 2.11. The van der Waals surface area contributed by atoms with Gasteiger partial charge in [-0.1, -0.05) is 6.07 Å². The molecule has 0 aromatic carbocycles. The molecule has 1 rings (SSSR count). The summed E-state index contributed by atoms with van der Waals surface area (Å²) in [6.45, 7) is 0. The molecule has 1 aromatic heterocycles. The van der Waals surface area contributed by atoms with Gasteiger partial charge >= 0.3 is 6.18 Å². The second kappa shape index (κ2) is 5.05. The normalized spacial score (nSPS) is 9.93. The van der Waals surface area contributed by atoms with Gasteiger partial charge in [-0.2, -0.15) is 13.2 Å². The molecular formula is C7H6F3NO3. The average molecular weight is 209 g/mol. The highest BCUT2D eigenvalue weighted by Gasteiger charge is 2.28. The minimum Gasteiger partial charge on any atom is -0.542 e. The second-order valence-corrected chi connectivity index (χ2v) is 2.04. The largest absolute Gasteiger partial charge is 0.542 e. The average Bonchev–Trinajstić information content (AvgIpc) is 2.04. The zero-order valence-corrected chi connectivity index (χ0v) is 6.73. The molecule has 4 nitrogen and oxygen atoms in total. The number of carboxylic acid groups (broad SMARTS) is 1. The van der Waals surface area contributed by atoms with E-state index in [1.54, 1.807) is 24.5 Å². The maximum Gasteiger partial charge on any atom is 0.430 e. The third-order valence-corrected chi connectivity index (χ3v) is 0.931. The molecular weight excluding hydrogens is 203 g/mol. The van der Waals surface area contributed by atoms with Crippen molar-refractivity contribution in [2.24, 2.45) is 0 Å². The van der Waals surface area contributed by atoms with E-state index in [9.17, 15) is 13.2 Å². The minimum absolute atomic E-state index is 1.00. The van der Waals surface area contributed by atoms with Crippen molar-refractivity contribution in [2.45, 2.75) is 6.18 Å². The van der Waals surface area contributed by atoms with Gasteiger partial charge in [-0.05, 0) is 0 Å². The van der Waals surface area contributed by atoms with Gasteiger partial charge in [0.1, 0.15) is 5.97 Å². The number of rotatable bonds is 0. The standard InChI is InChI=1S/C5H6NO.C2HF3O2/c7-6-4-2-1-3-5-6;3-2(4,5)1(6)7/h1-5,7H;(H,6,7)/q+1;/p-1. The van der Waals surface area contributed by atoms with Crippen LogP contribution in [0.3, 0.4) is 0 Å². The lowest BCUT2D eigenvalue weighted by atomic mass is 10.5. The van der Waals surface area contributed by atoms with E-state index in [-0.39, 0.29) is 0 Å². The molecule has 0 fully saturated rings. The Balaban J connectivity index is 0.000000241. The number of halogens is 3. The van der Waals surface area contributed by atoms with E-state index in [0.29, 0.717) is 0 Å². The summed E-state index contributed by atoms with van der Waals surface area (Å²) in [5.41, 5.74) is 0. The summed E-state index contributed by atoms with van der Waals surface area (Å²) in [5.74, 6) is -3.01. The maximum atomic E-state index is 10.5. The SMILES string of the molecule is O=C([O-])C(F)(F)F.O[n+]1ccccc1. The number of hydrogen-bond acceptors (Lipinski definition) is 3. The van der Waals surface area contributed by atoms with Gasteiger partial charge in [0.25, 0.3) is 0 Å². The Labute approximate surface area is 76.8 Å². The van der Waals surface area contributed by atoms with Gasteiger partial charge in [-0.15, -0.1) is 0 Å². The zero-order valence-electron chi connectivity index (χ0n) is 6.73. The number of alkyl halides is 3. The van der Waals surface area contributed by atoms with Crippen LogP contribution in [-0.2, 0) is 4.79 Å².